The van der Waals surface area contributed by atoms with E-state index in [0.717, 1.165) is 42.8 Å². The molecule has 1 heterocycles. The van der Waals surface area contributed by atoms with Crippen LogP contribution in [0.25, 0.3) is 0 Å². The largest absolute Gasteiger partial charge is 0.349 e. The topological polar surface area (TPSA) is 72.9 Å². The van der Waals surface area contributed by atoms with Crippen LogP contribution in [0.1, 0.15) is 46.6 Å². The number of rotatable bonds is 5. The van der Waals surface area contributed by atoms with Crippen molar-refractivity contribution >= 4 is 18.3 Å². The minimum Gasteiger partial charge on any atom is -0.349 e. The first kappa shape index (κ1) is 19.5. The van der Waals surface area contributed by atoms with Crippen LogP contribution in [-0.2, 0) is 6.54 Å². The van der Waals surface area contributed by atoms with Crippen LogP contribution in [0.4, 0.5) is 0 Å². The Kier molecular flexibility index (Phi) is 6.62. The standard InChI is InChI=1S/C19H26N4O.ClH/c1-13-10-14(2)23(22-13)12-15-6-8-16(9-7-15)19(24)21-18-5-3-4-17(18)11-20;/h6-10,17-18H,3-5,11-12,20H2,1-2H3,(H,21,24);1H. The predicted octanol–water partition coefficient (Wildman–Crippen LogP) is 2.83. The minimum atomic E-state index is -0.00184. The number of amides is 1. The van der Waals surface area contributed by atoms with Crippen molar-refractivity contribution in [3.63, 3.8) is 0 Å². The van der Waals surface area contributed by atoms with Crippen molar-refractivity contribution in [1.29, 1.82) is 0 Å². The summed E-state index contributed by atoms with van der Waals surface area (Å²) in [5, 5.41) is 7.62. The molecule has 1 amide bonds. The molecule has 6 heteroatoms. The van der Waals surface area contributed by atoms with Gasteiger partial charge in [-0.05, 0) is 62.9 Å². The Labute approximate surface area is 155 Å². The van der Waals surface area contributed by atoms with Gasteiger partial charge in [-0.25, -0.2) is 0 Å². The Hall–Kier alpha value is -1.85. The van der Waals surface area contributed by atoms with Crippen LogP contribution < -0.4 is 11.1 Å². The summed E-state index contributed by atoms with van der Waals surface area (Å²) in [5.74, 6) is 0.414. The fourth-order valence-corrected chi connectivity index (χ4v) is 3.53. The summed E-state index contributed by atoms with van der Waals surface area (Å²) in [6, 6.07) is 10.1. The third-order valence-corrected chi connectivity index (χ3v) is 4.93. The van der Waals surface area contributed by atoms with E-state index in [-0.39, 0.29) is 24.4 Å². The minimum absolute atomic E-state index is 0. The van der Waals surface area contributed by atoms with E-state index >= 15 is 0 Å². The third kappa shape index (κ3) is 4.61. The zero-order valence-electron chi connectivity index (χ0n) is 14.9. The number of hydrogen-bond donors (Lipinski definition) is 2. The van der Waals surface area contributed by atoms with Crippen LogP contribution in [0.5, 0.6) is 0 Å². The predicted molar refractivity (Wildman–Crippen MR) is 102 cm³/mol. The SMILES string of the molecule is Cc1cc(C)n(Cc2ccc(C(=O)NC3CCCC3CN)cc2)n1.Cl. The first-order chi connectivity index (χ1) is 11.6. The number of halogens is 1. The molecule has 1 aliphatic rings. The van der Waals surface area contributed by atoms with E-state index in [4.69, 9.17) is 5.73 Å². The molecule has 1 saturated carbocycles. The maximum absolute atomic E-state index is 12.4. The molecular weight excluding hydrogens is 336 g/mol. The Morgan fingerprint density at radius 3 is 2.60 bits per heavy atom. The second kappa shape index (κ2) is 8.50. The van der Waals surface area contributed by atoms with Gasteiger partial charge in [0.2, 0.25) is 0 Å². The van der Waals surface area contributed by atoms with Gasteiger partial charge in [-0.2, -0.15) is 5.10 Å². The molecule has 5 nitrogen and oxygen atoms in total. The second-order valence-electron chi connectivity index (χ2n) is 6.79. The summed E-state index contributed by atoms with van der Waals surface area (Å²) in [6.07, 6.45) is 3.29. The number of nitrogens with one attached hydrogen (secondary N) is 1. The monoisotopic (exact) mass is 362 g/mol. The zero-order valence-corrected chi connectivity index (χ0v) is 15.7. The molecule has 0 aliphatic heterocycles. The van der Waals surface area contributed by atoms with Gasteiger partial charge >= 0.3 is 0 Å². The molecule has 1 aromatic heterocycles. The van der Waals surface area contributed by atoms with Crippen molar-refractivity contribution in [3.05, 3.63) is 52.8 Å². The van der Waals surface area contributed by atoms with Gasteiger partial charge in [0.25, 0.3) is 5.91 Å². The number of benzene rings is 1. The fourth-order valence-electron chi connectivity index (χ4n) is 3.53. The highest BCUT2D eigenvalue weighted by Crippen LogP contribution is 2.24. The van der Waals surface area contributed by atoms with Crippen molar-refractivity contribution < 1.29 is 4.79 Å². The lowest BCUT2D eigenvalue weighted by Crippen LogP contribution is -2.39. The summed E-state index contributed by atoms with van der Waals surface area (Å²) < 4.78 is 1.98. The lowest BCUT2D eigenvalue weighted by molar-refractivity contribution is 0.0929. The molecule has 2 unspecified atom stereocenters. The van der Waals surface area contributed by atoms with Crippen molar-refractivity contribution in [1.82, 2.24) is 15.1 Å². The number of carbonyl (C=O) groups is 1. The molecule has 136 valence electrons. The van der Waals surface area contributed by atoms with Gasteiger partial charge in [-0.15, -0.1) is 12.4 Å². The van der Waals surface area contributed by atoms with Crippen molar-refractivity contribution in [3.8, 4) is 0 Å². The number of hydrogen-bond acceptors (Lipinski definition) is 3. The quantitative estimate of drug-likeness (QED) is 0.859. The molecule has 2 aromatic rings. The van der Waals surface area contributed by atoms with Crippen molar-refractivity contribution in [2.24, 2.45) is 11.7 Å². The molecule has 1 aromatic carbocycles. The Morgan fingerprint density at radius 1 is 1.28 bits per heavy atom. The molecule has 0 radical (unpaired) electrons. The van der Waals surface area contributed by atoms with Gasteiger partial charge in [0, 0.05) is 17.3 Å². The summed E-state index contributed by atoms with van der Waals surface area (Å²) in [7, 11) is 0. The molecule has 3 rings (SSSR count). The maximum Gasteiger partial charge on any atom is 0.251 e. The molecular formula is C19H27ClN4O. The molecule has 0 bridgehead atoms. The van der Waals surface area contributed by atoms with Crippen LogP contribution in [0.15, 0.2) is 30.3 Å². The van der Waals surface area contributed by atoms with Gasteiger partial charge in [0.1, 0.15) is 0 Å². The lowest BCUT2D eigenvalue weighted by Gasteiger charge is -2.19. The van der Waals surface area contributed by atoms with E-state index in [2.05, 4.69) is 23.4 Å². The maximum atomic E-state index is 12.4. The van der Waals surface area contributed by atoms with Gasteiger partial charge in [-0.1, -0.05) is 18.6 Å². The number of nitrogens with two attached hydrogens (primary N) is 1. The molecule has 3 N–H and O–H groups in total. The van der Waals surface area contributed by atoms with E-state index < -0.39 is 0 Å². The number of aryl methyl sites for hydroxylation is 2. The smallest absolute Gasteiger partial charge is 0.251 e. The van der Waals surface area contributed by atoms with Gasteiger partial charge in [0.05, 0.1) is 12.2 Å². The van der Waals surface area contributed by atoms with E-state index in [1.165, 1.54) is 0 Å². The first-order valence-electron chi connectivity index (χ1n) is 8.67. The number of carbonyl (C=O) groups excluding carboxylic acids is 1. The van der Waals surface area contributed by atoms with Gasteiger partial charge in [0.15, 0.2) is 0 Å². The third-order valence-electron chi connectivity index (χ3n) is 4.93. The first-order valence-corrected chi connectivity index (χ1v) is 8.67. The van der Waals surface area contributed by atoms with Crippen LogP contribution in [0, 0.1) is 19.8 Å². The Bertz CT molecular complexity index is 711. The lowest BCUT2D eigenvalue weighted by atomic mass is 10.0. The highest BCUT2D eigenvalue weighted by atomic mass is 35.5. The van der Waals surface area contributed by atoms with E-state index in [1.54, 1.807) is 0 Å². The molecule has 0 spiro atoms. The molecule has 2 atom stereocenters. The molecule has 1 fully saturated rings. The Balaban J connectivity index is 0.00000225. The zero-order chi connectivity index (χ0) is 17.1. The average molecular weight is 363 g/mol. The van der Waals surface area contributed by atoms with Crippen molar-refractivity contribution in [2.45, 2.75) is 45.7 Å². The van der Waals surface area contributed by atoms with Crippen LogP contribution in [0.2, 0.25) is 0 Å². The number of aromatic nitrogens is 2. The summed E-state index contributed by atoms with van der Waals surface area (Å²) in [4.78, 5) is 12.4. The van der Waals surface area contributed by atoms with Crippen molar-refractivity contribution in [2.75, 3.05) is 6.54 Å². The Morgan fingerprint density at radius 2 is 2.00 bits per heavy atom. The van der Waals surface area contributed by atoms with Gasteiger partial charge < -0.3 is 11.1 Å². The number of nitrogens with zero attached hydrogens (tertiary/aromatic N) is 2. The summed E-state index contributed by atoms with van der Waals surface area (Å²) >= 11 is 0. The molecule has 0 saturated heterocycles. The van der Waals surface area contributed by atoms with E-state index in [9.17, 15) is 4.79 Å². The van der Waals surface area contributed by atoms with Crippen LogP contribution in [0.3, 0.4) is 0 Å². The highest BCUT2D eigenvalue weighted by Gasteiger charge is 2.27. The van der Waals surface area contributed by atoms with E-state index in [1.807, 2.05) is 35.9 Å². The second-order valence-corrected chi connectivity index (χ2v) is 6.79. The highest BCUT2D eigenvalue weighted by molar-refractivity contribution is 5.94. The van der Waals surface area contributed by atoms with Crippen LogP contribution >= 0.6 is 12.4 Å². The average Bonchev–Trinajstić information content (AvgIpc) is 3.14. The summed E-state index contributed by atoms with van der Waals surface area (Å²) in [5.41, 5.74) is 9.79. The van der Waals surface area contributed by atoms with Gasteiger partial charge in [-0.3, -0.25) is 9.48 Å². The summed E-state index contributed by atoms with van der Waals surface area (Å²) in [6.45, 7) is 5.41. The van der Waals surface area contributed by atoms with Crippen LogP contribution in [-0.4, -0.2) is 28.3 Å². The fraction of sp³-hybridized carbons (Fsp3) is 0.474. The normalized spacial score (nSPS) is 19.5. The molecule has 25 heavy (non-hydrogen) atoms. The van der Waals surface area contributed by atoms with E-state index in [0.29, 0.717) is 18.0 Å². The molecule has 1 aliphatic carbocycles.